The number of hydrogen-bond acceptors (Lipinski definition) is 3. The second-order valence-electron chi connectivity index (χ2n) is 5.38. The third-order valence-electron chi connectivity index (χ3n) is 2.59. The Morgan fingerprint density at radius 1 is 1.31 bits per heavy atom. The zero-order valence-electron chi connectivity index (χ0n) is 10.6. The fourth-order valence-corrected chi connectivity index (χ4v) is 1.69. The summed E-state index contributed by atoms with van der Waals surface area (Å²) in [4.78, 5) is 11.6. The van der Waals surface area contributed by atoms with Gasteiger partial charge in [-0.15, -0.1) is 0 Å². The van der Waals surface area contributed by atoms with E-state index in [1.54, 1.807) is 0 Å². The summed E-state index contributed by atoms with van der Waals surface area (Å²) in [6.07, 6.45) is 2.44. The monoisotopic (exact) mass is 228 g/mol. The lowest BCUT2D eigenvalue weighted by Crippen LogP contribution is -2.42. The van der Waals surface area contributed by atoms with Crippen LogP contribution in [0.2, 0.25) is 0 Å². The number of carbonyl (C=O) groups is 1. The van der Waals surface area contributed by atoms with Gasteiger partial charge in [-0.1, -0.05) is 0 Å². The molecule has 1 amide bonds. The Hall–Kier alpha value is -0.610. The van der Waals surface area contributed by atoms with E-state index < -0.39 is 0 Å². The predicted molar refractivity (Wildman–Crippen MR) is 64.4 cm³/mol. The van der Waals surface area contributed by atoms with E-state index >= 15 is 0 Å². The van der Waals surface area contributed by atoms with Gasteiger partial charge in [0.25, 0.3) is 0 Å². The van der Waals surface area contributed by atoms with Crippen LogP contribution in [0.5, 0.6) is 0 Å². The van der Waals surface area contributed by atoms with E-state index in [0.29, 0.717) is 12.5 Å². The van der Waals surface area contributed by atoms with Crippen LogP contribution in [0.25, 0.3) is 0 Å². The van der Waals surface area contributed by atoms with Crippen LogP contribution >= 0.6 is 0 Å². The quantitative estimate of drug-likeness (QED) is 0.756. The molecule has 0 unspecified atom stereocenters. The first-order valence-corrected chi connectivity index (χ1v) is 6.09. The highest BCUT2D eigenvalue weighted by Gasteiger charge is 2.16. The Balaban J connectivity index is 2.10. The summed E-state index contributed by atoms with van der Waals surface area (Å²) >= 11 is 0. The summed E-state index contributed by atoms with van der Waals surface area (Å²) in [6.45, 7) is 8.57. The summed E-state index contributed by atoms with van der Waals surface area (Å²) in [5.41, 5.74) is 0.0823. The number of rotatable bonds is 4. The summed E-state index contributed by atoms with van der Waals surface area (Å²) in [6, 6.07) is 0.316. The molecule has 4 heteroatoms. The van der Waals surface area contributed by atoms with Gasteiger partial charge in [-0.2, -0.15) is 0 Å². The highest BCUT2D eigenvalue weighted by molar-refractivity contribution is 5.76. The van der Waals surface area contributed by atoms with Crippen molar-refractivity contribution >= 4 is 5.91 Å². The van der Waals surface area contributed by atoms with Gasteiger partial charge >= 0.3 is 0 Å². The molecule has 0 aromatic rings. The fraction of sp³-hybridized carbons (Fsp3) is 0.917. The van der Waals surface area contributed by atoms with Gasteiger partial charge in [0.15, 0.2) is 0 Å². The number of ether oxygens (including phenoxy) is 1. The van der Waals surface area contributed by atoms with Gasteiger partial charge in [-0.25, -0.2) is 0 Å². The molecule has 2 N–H and O–H groups in total. The zero-order chi connectivity index (χ0) is 12.0. The van der Waals surface area contributed by atoms with E-state index in [1.807, 2.05) is 0 Å². The summed E-state index contributed by atoms with van der Waals surface area (Å²) in [5, 5.41) is 6.35. The predicted octanol–water partition coefficient (Wildman–Crippen LogP) is 1.06. The Morgan fingerprint density at radius 3 is 2.50 bits per heavy atom. The molecule has 0 radical (unpaired) electrons. The highest BCUT2D eigenvalue weighted by atomic mass is 16.5. The normalized spacial score (nSPS) is 18.4. The van der Waals surface area contributed by atoms with Crippen molar-refractivity contribution in [3.8, 4) is 0 Å². The Morgan fingerprint density at radius 2 is 1.94 bits per heavy atom. The minimum atomic E-state index is 0.0823. The summed E-state index contributed by atoms with van der Waals surface area (Å²) < 4.78 is 5.24. The van der Waals surface area contributed by atoms with E-state index in [2.05, 4.69) is 31.4 Å². The van der Waals surface area contributed by atoms with E-state index in [9.17, 15) is 4.79 Å². The molecule has 0 bridgehead atoms. The minimum absolute atomic E-state index is 0.0823. The zero-order valence-corrected chi connectivity index (χ0v) is 10.6. The van der Waals surface area contributed by atoms with Gasteiger partial charge in [0, 0.05) is 37.8 Å². The van der Waals surface area contributed by atoms with Crippen molar-refractivity contribution in [3.05, 3.63) is 0 Å². The second-order valence-corrected chi connectivity index (χ2v) is 5.38. The number of nitrogens with one attached hydrogen (secondary N) is 2. The van der Waals surface area contributed by atoms with Crippen molar-refractivity contribution in [2.24, 2.45) is 0 Å². The van der Waals surface area contributed by atoms with Crippen molar-refractivity contribution in [2.75, 3.05) is 19.8 Å². The molecule has 0 spiro atoms. The lowest BCUT2D eigenvalue weighted by molar-refractivity contribution is -0.122. The van der Waals surface area contributed by atoms with E-state index in [4.69, 9.17) is 4.74 Å². The molecular formula is C12H24N2O2. The SMILES string of the molecule is CC(C)(C)NCCC(=O)NC1CCOCC1. The van der Waals surface area contributed by atoms with Gasteiger partial charge in [0.2, 0.25) is 5.91 Å². The first-order valence-electron chi connectivity index (χ1n) is 6.09. The van der Waals surface area contributed by atoms with Crippen molar-refractivity contribution in [1.82, 2.24) is 10.6 Å². The van der Waals surface area contributed by atoms with E-state index in [1.165, 1.54) is 0 Å². The van der Waals surface area contributed by atoms with Gasteiger partial charge in [-0.05, 0) is 33.6 Å². The average molecular weight is 228 g/mol. The smallest absolute Gasteiger partial charge is 0.221 e. The molecule has 1 saturated heterocycles. The van der Waals surface area contributed by atoms with Crippen molar-refractivity contribution in [3.63, 3.8) is 0 Å². The van der Waals surface area contributed by atoms with Crippen molar-refractivity contribution in [1.29, 1.82) is 0 Å². The van der Waals surface area contributed by atoms with Gasteiger partial charge in [0.1, 0.15) is 0 Å². The highest BCUT2D eigenvalue weighted by Crippen LogP contribution is 2.06. The van der Waals surface area contributed by atoms with Crippen LogP contribution in [0, 0.1) is 0 Å². The third kappa shape index (κ3) is 6.08. The molecule has 4 nitrogen and oxygen atoms in total. The first-order chi connectivity index (χ1) is 7.47. The maximum atomic E-state index is 11.6. The molecule has 0 aromatic carbocycles. The number of hydrogen-bond donors (Lipinski definition) is 2. The fourth-order valence-electron chi connectivity index (χ4n) is 1.69. The largest absolute Gasteiger partial charge is 0.381 e. The first kappa shape index (κ1) is 13.5. The Kier molecular flexibility index (Phi) is 5.22. The number of carbonyl (C=O) groups excluding carboxylic acids is 1. The molecule has 0 aromatic heterocycles. The van der Waals surface area contributed by atoms with Crippen LogP contribution in [0.3, 0.4) is 0 Å². The summed E-state index contributed by atoms with van der Waals surface area (Å²) in [7, 11) is 0. The van der Waals surface area contributed by atoms with Crippen LogP contribution in [0.4, 0.5) is 0 Å². The van der Waals surface area contributed by atoms with E-state index in [0.717, 1.165) is 32.6 Å². The Labute approximate surface area is 98.1 Å². The van der Waals surface area contributed by atoms with Gasteiger partial charge in [-0.3, -0.25) is 4.79 Å². The molecule has 1 fully saturated rings. The van der Waals surface area contributed by atoms with Crippen LogP contribution < -0.4 is 10.6 Å². The molecule has 0 atom stereocenters. The van der Waals surface area contributed by atoms with Crippen molar-refractivity contribution < 1.29 is 9.53 Å². The molecule has 1 aliphatic heterocycles. The van der Waals surface area contributed by atoms with Gasteiger partial charge in [0.05, 0.1) is 0 Å². The standard InChI is InChI=1S/C12H24N2O2/c1-12(2,3)13-7-4-11(15)14-10-5-8-16-9-6-10/h10,13H,4-9H2,1-3H3,(H,14,15). The minimum Gasteiger partial charge on any atom is -0.381 e. The van der Waals surface area contributed by atoms with Crippen LogP contribution in [0.15, 0.2) is 0 Å². The topological polar surface area (TPSA) is 50.4 Å². The molecule has 1 rings (SSSR count). The van der Waals surface area contributed by atoms with Crippen LogP contribution in [0.1, 0.15) is 40.0 Å². The Bertz CT molecular complexity index is 218. The molecule has 1 aliphatic rings. The molecule has 16 heavy (non-hydrogen) atoms. The molecular weight excluding hydrogens is 204 g/mol. The molecule has 0 saturated carbocycles. The second kappa shape index (κ2) is 6.21. The van der Waals surface area contributed by atoms with Crippen LogP contribution in [-0.2, 0) is 9.53 Å². The van der Waals surface area contributed by atoms with E-state index in [-0.39, 0.29) is 11.4 Å². The van der Waals surface area contributed by atoms with Crippen molar-refractivity contribution in [2.45, 2.75) is 51.6 Å². The average Bonchev–Trinajstić information content (AvgIpc) is 2.17. The summed E-state index contributed by atoms with van der Waals surface area (Å²) in [5.74, 6) is 0.142. The maximum absolute atomic E-state index is 11.6. The maximum Gasteiger partial charge on any atom is 0.221 e. The lowest BCUT2D eigenvalue weighted by Gasteiger charge is -2.24. The molecule has 1 heterocycles. The molecule has 0 aliphatic carbocycles. The number of amides is 1. The molecule has 94 valence electrons. The lowest BCUT2D eigenvalue weighted by atomic mass is 10.1. The third-order valence-corrected chi connectivity index (χ3v) is 2.59. The van der Waals surface area contributed by atoms with Crippen LogP contribution in [-0.4, -0.2) is 37.2 Å². The van der Waals surface area contributed by atoms with Gasteiger partial charge < -0.3 is 15.4 Å².